The lowest BCUT2D eigenvalue weighted by atomic mass is 9.95. The molecule has 9 heteroatoms. The number of fused-ring (bicyclic) bond motifs is 1. The Hall–Kier alpha value is -3.33. The van der Waals surface area contributed by atoms with Gasteiger partial charge >= 0.3 is 0 Å². The van der Waals surface area contributed by atoms with E-state index in [9.17, 15) is 18.3 Å². The number of phenolic OH excluding ortho intramolecular Hbond substituents is 1. The number of benzene rings is 2. The molecular formula is C27H31N3O5S. The zero-order valence-electron chi connectivity index (χ0n) is 20.3. The lowest BCUT2D eigenvalue weighted by Crippen LogP contribution is -2.40. The van der Waals surface area contributed by atoms with Crippen molar-refractivity contribution < 1.29 is 23.1 Å². The molecule has 1 fully saturated rings. The molecular weight excluding hydrogens is 478 g/mol. The number of nitrogens with zero attached hydrogens (tertiary/aromatic N) is 2. The van der Waals surface area contributed by atoms with E-state index in [1.807, 2.05) is 24.3 Å². The lowest BCUT2D eigenvalue weighted by molar-refractivity contribution is 0.0677. The van der Waals surface area contributed by atoms with E-state index >= 15 is 0 Å². The third-order valence-electron chi connectivity index (χ3n) is 7.03. The summed E-state index contributed by atoms with van der Waals surface area (Å²) in [4.78, 5) is 15.3. The number of para-hydroxylation sites is 1. The highest BCUT2D eigenvalue weighted by atomic mass is 32.2. The van der Waals surface area contributed by atoms with Gasteiger partial charge in [0.25, 0.3) is 5.91 Å². The number of carbonyl (C=O) groups is 1. The standard InChI is InChI=1S/C27H31N3O5S/c1-2-3-4-7-15-35-20-12-10-18(11-13-20)26-23-24(21-8-5-6-9-22(21)31)28-29-25(23)27(32)30(26)19-14-16-36(33,34)17-19/h5-6,8-13,19,26,31H,2-4,7,14-17H2,1H3,(H,28,29). The Bertz CT molecular complexity index is 1350. The van der Waals surface area contributed by atoms with Crippen LogP contribution in [0.1, 0.15) is 66.7 Å². The molecule has 0 aliphatic carbocycles. The first-order chi connectivity index (χ1) is 17.4. The summed E-state index contributed by atoms with van der Waals surface area (Å²) < 4.78 is 30.5. The van der Waals surface area contributed by atoms with Gasteiger partial charge in [-0.15, -0.1) is 0 Å². The first kappa shape index (κ1) is 24.4. The molecule has 2 aliphatic heterocycles. The topological polar surface area (TPSA) is 113 Å². The number of aromatic amines is 1. The van der Waals surface area contributed by atoms with E-state index in [0.717, 1.165) is 24.2 Å². The number of amides is 1. The Balaban J connectivity index is 1.50. The van der Waals surface area contributed by atoms with Crippen LogP contribution in [0.15, 0.2) is 48.5 Å². The van der Waals surface area contributed by atoms with Crippen molar-refractivity contribution in [3.8, 4) is 22.8 Å². The van der Waals surface area contributed by atoms with Crippen molar-refractivity contribution >= 4 is 15.7 Å². The van der Waals surface area contributed by atoms with E-state index in [1.54, 1.807) is 29.2 Å². The van der Waals surface area contributed by atoms with Gasteiger partial charge in [0.15, 0.2) is 9.84 Å². The normalized spacial score (nSPS) is 20.6. The fourth-order valence-electron chi connectivity index (χ4n) is 5.21. The van der Waals surface area contributed by atoms with Gasteiger partial charge in [0.1, 0.15) is 22.9 Å². The summed E-state index contributed by atoms with van der Waals surface area (Å²) in [7, 11) is -3.20. The zero-order valence-corrected chi connectivity index (χ0v) is 21.1. The van der Waals surface area contributed by atoms with E-state index in [4.69, 9.17) is 4.74 Å². The molecule has 1 saturated heterocycles. The highest BCUT2D eigenvalue weighted by molar-refractivity contribution is 7.91. The maximum Gasteiger partial charge on any atom is 0.273 e. The summed E-state index contributed by atoms with van der Waals surface area (Å²) in [5.41, 5.74) is 2.82. The molecule has 0 radical (unpaired) electrons. The number of H-pyrrole nitrogens is 1. The third kappa shape index (κ3) is 4.59. The van der Waals surface area contributed by atoms with Crippen LogP contribution in [0, 0.1) is 0 Å². The molecule has 0 bridgehead atoms. The number of rotatable bonds is 9. The van der Waals surface area contributed by atoms with E-state index in [-0.39, 0.29) is 23.2 Å². The van der Waals surface area contributed by atoms with Crippen molar-refractivity contribution in [3.05, 3.63) is 65.4 Å². The van der Waals surface area contributed by atoms with Crippen LogP contribution < -0.4 is 4.74 Å². The first-order valence-electron chi connectivity index (χ1n) is 12.5. The number of unbranched alkanes of at least 4 members (excludes halogenated alkanes) is 3. The highest BCUT2D eigenvalue weighted by Crippen LogP contribution is 2.46. The van der Waals surface area contributed by atoms with Crippen molar-refractivity contribution in [2.24, 2.45) is 0 Å². The maximum atomic E-state index is 13.6. The summed E-state index contributed by atoms with van der Waals surface area (Å²) in [5, 5.41) is 17.8. The van der Waals surface area contributed by atoms with Gasteiger partial charge in [-0.3, -0.25) is 9.89 Å². The van der Waals surface area contributed by atoms with Gasteiger partial charge in [0, 0.05) is 17.2 Å². The van der Waals surface area contributed by atoms with Gasteiger partial charge in [-0.1, -0.05) is 50.5 Å². The molecule has 2 N–H and O–H groups in total. The van der Waals surface area contributed by atoms with Crippen molar-refractivity contribution in [2.45, 2.75) is 51.1 Å². The van der Waals surface area contributed by atoms with Gasteiger partial charge in [-0.25, -0.2) is 8.42 Å². The molecule has 3 aromatic rings. The maximum absolute atomic E-state index is 13.6. The quantitative estimate of drug-likeness (QED) is 0.412. The Morgan fingerprint density at radius 3 is 2.58 bits per heavy atom. The summed E-state index contributed by atoms with van der Waals surface area (Å²) in [6, 6.07) is 13.5. The second-order valence-electron chi connectivity index (χ2n) is 9.53. The molecule has 2 aromatic carbocycles. The average Bonchev–Trinajstić information content (AvgIpc) is 3.53. The number of ether oxygens (including phenoxy) is 1. The second-order valence-corrected chi connectivity index (χ2v) is 11.8. The molecule has 0 saturated carbocycles. The fourth-order valence-corrected chi connectivity index (χ4v) is 6.92. The Kier molecular flexibility index (Phi) is 6.75. The Morgan fingerprint density at radius 1 is 1.11 bits per heavy atom. The molecule has 8 nitrogen and oxygen atoms in total. The van der Waals surface area contributed by atoms with Crippen LogP contribution >= 0.6 is 0 Å². The zero-order chi connectivity index (χ0) is 25.3. The average molecular weight is 510 g/mol. The van der Waals surface area contributed by atoms with E-state index in [0.29, 0.717) is 35.5 Å². The summed E-state index contributed by atoms with van der Waals surface area (Å²) in [6.07, 6.45) is 4.89. The van der Waals surface area contributed by atoms with Crippen LogP contribution in [0.2, 0.25) is 0 Å². The number of nitrogens with one attached hydrogen (secondary N) is 1. The molecule has 36 heavy (non-hydrogen) atoms. The largest absolute Gasteiger partial charge is 0.507 e. The summed E-state index contributed by atoms with van der Waals surface area (Å²) in [6.45, 7) is 2.82. The van der Waals surface area contributed by atoms with Crippen LogP contribution in [0.3, 0.4) is 0 Å². The molecule has 5 rings (SSSR count). The second kappa shape index (κ2) is 9.97. The summed E-state index contributed by atoms with van der Waals surface area (Å²) >= 11 is 0. The van der Waals surface area contributed by atoms with Gasteiger partial charge in [0.2, 0.25) is 0 Å². The molecule has 3 heterocycles. The number of aromatic nitrogens is 2. The van der Waals surface area contributed by atoms with Crippen molar-refractivity contribution in [1.82, 2.24) is 15.1 Å². The van der Waals surface area contributed by atoms with Crippen LogP contribution in [0.4, 0.5) is 0 Å². The fraction of sp³-hybridized carbons (Fsp3) is 0.407. The number of hydrogen-bond donors (Lipinski definition) is 2. The van der Waals surface area contributed by atoms with Gasteiger partial charge in [0.05, 0.1) is 24.2 Å². The molecule has 1 amide bonds. The highest BCUT2D eigenvalue weighted by Gasteiger charge is 2.48. The van der Waals surface area contributed by atoms with Crippen LogP contribution in [-0.4, -0.2) is 58.7 Å². The molecule has 2 atom stereocenters. The lowest BCUT2D eigenvalue weighted by Gasteiger charge is -2.31. The van der Waals surface area contributed by atoms with Crippen LogP contribution in [0.25, 0.3) is 11.3 Å². The van der Waals surface area contributed by atoms with Gasteiger partial charge < -0.3 is 14.7 Å². The van der Waals surface area contributed by atoms with Crippen LogP contribution in [0.5, 0.6) is 11.5 Å². The smallest absolute Gasteiger partial charge is 0.273 e. The SMILES string of the molecule is CCCCCCOc1ccc(C2c3c(-c4ccccc4O)n[nH]c3C(=O)N2C2CCS(=O)(=O)C2)cc1. The Morgan fingerprint density at radius 2 is 1.89 bits per heavy atom. The van der Waals surface area contributed by atoms with Gasteiger partial charge in [-0.2, -0.15) is 5.10 Å². The van der Waals surface area contributed by atoms with Crippen LogP contribution in [-0.2, 0) is 9.84 Å². The molecule has 2 unspecified atom stereocenters. The molecule has 2 aliphatic rings. The molecule has 1 aromatic heterocycles. The number of sulfone groups is 1. The third-order valence-corrected chi connectivity index (χ3v) is 8.78. The number of carbonyl (C=O) groups excluding carboxylic acids is 1. The monoisotopic (exact) mass is 509 g/mol. The van der Waals surface area contributed by atoms with Crippen molar-refractivity contribution in [3.63, 3.8) is 0 Å². The van der Waals surface area contributed by atoms with E-state index in [2.05, 4.69) is 17.1 Å². The van der Waals surface area contributed by atoms with Crippen molar-refractivity contribution in [1.29, 1.82) is 0 Å². The minimum absolute atomic E-state index is 0.0577. The molecule has 190 valence electrons. The number of aromatic hydroxyl groups is 1. The van der Waals surface area contributed by atoms with E-state index < -0.39 is 21.9 Å². The minimum atomic E-state index is -3.20. The Labute approximate surface area is 211 Å². The first-order valence-corrected chi connectivity index (χ1v) is 14.3. The molecule has 0 spiro atoms. The van der Waals surface area contributed by atoms with Crippen molar-refractivity contribution in [2.75, 3.05) is 18.1 Å². The predicted octanol–water partition coefficient (Wildman–Crippen LogP) is 4.47. The predicted molar refractivity (Wildman–Crippen MR) is 137 cm³/mol. The van der Waals surface area contributed by atoms with E-state index in [1.165, 1.54) is 12.8 Å². The van der Waals surface area contributed by atoms with Gasteiger partial charge in [-0.05, 0) is 42.7 Å². The number of hydrogen-bond acceptors (Lipinski definition) is 6. The summed E-state index contributed by atoms with van der Waals surface area (Å²) in [5.74, 6) is 0.548. The number of phenols is 1. The minimum Gasteiger partial charge on any atom is -0.507 e.